The average Bonchev–Trinajstić information content (AvgIpc) is 3.23. The third-order valence-electron chi connectivity index (χ3n) is 4.07. The van der Waals surface area contributed by atoms with Gasteiger partial charge in [-0.05, 0) is 31.5 Å². The van der Waals surface area contributed by atoms with Crippen molar-refractivity contribution in [3.05, 3.63) is 64.5 Å². The van der Waals surface area contributed by atoms with Crippen molar-refractivity contribution in [2.75, 3.05) is 0 Å². The van der Waals surface area contributed by atoms with Crippen LogP contribution in [0.15, 0.2) is 34.9 Å². The molecule has 8 heteroatoms. The molecule has 3 heterocycles. The van der Waals surface area contributed by atoms with Crippen molar-refractivity contribution in [1.29, 1.82) is 0 Å². The Labute approximate surface area is 155 Å². The molecule has 0 saturated heterocycles. The van der Waals surface area contributed by atoms with Crippen LogP contribution < -0.4 is 5.32 Å². The number of amides is 1. The maximum absolute atomic E-state index is 12.2. The van der Waals surface area contributed by atoms with Gasteiger partial charge in [0, 0.05) is 30.9 Å². The molecule has 0 aliphatic rings. The van der Waals surface area contributed by atoms with E-state index in [2.05, 4.69) is 15.4 Å². The maximum Gasteiger partial charge on any atom is 0.339 e. The molecule has 2 N–H and O–H groups in total. The Morgan fingerprint density at radius 2 is 2.04 bits per heavy atom. The second-order valence-electron chi connectivity index (χ2n) is 6.15. The Morgan fingerprint density at radius 3 is 2.56 bits per heavy atom. The van der Waals surface area contributed by atoms with Gasteiger partial charge in [0.25, 0.3) is 5.91 Å². The number of carboxylic acids is 1. The first-order valence-electron chi connectivity index (χ1n) is 8.51. The van der Waals surface area contributed by atoms with Crippen LogP contribution in [0.5, 0.6) is 0 Å². The summed E-state index contributed by atoms with van der Waals surface area (Å²) in [5, 5.41) is 16.2. The first-order valence-corrected chi connectivity index (χ1v) is 8.51. The third-order valence-corrected chi connectivity index (χ3v) is 4.07. The number of aryl methyl sites for hydroxylation is 3. The fraction of sp³-hybridized carbons (Fsp3) is 0.263. The number of nitrogens with zero attached hydrogens (tertiary/aromatic N) is 3. The van der Waals surface area contributed by atoms with Crippen molar-refractivity contribution in [1.82, 2.24) is 20.1 Å². The van der Waals surface area contributed by atoms with E-state index in [0.717, 1.165) is 17.0 Å². The minimum atomic E-state index is -1.11. The van der Waals surface area contributed by atoms with Gasteiger partial charge < -0.3 is 14.8 Å². The van der Waals surface area contributed by atoms with Crippen LogP contribution in [0.4, 0.5) is 0 Å². The highest BCUT2D eigenvalue weighted by atomic mass is 16.4. The molecule has 140 valence electrons. The summed E-state index contributed by atoms with van der Waals surface area (Å²) in [4.78, 5) is 27.8. The normalized spacial score (nSPS) is 10.8. The second kappa shape index (κ2) is 7.45. The van der Waals surface area contributed by atoms with Crippen LogP contribution in [0, 0.1) is 13.8 Å². The Kier molecular flexibility index (Phi) is 5.07. The highest BCUT2D eigenvalue weighted by Crippen LogP contribution is 2.17. The van der Waals surface area contributed by atoms with Crippen molar-refractivity contribution in [2.24, 2.45) is 0 Å². The summed E-state index contributed by atoms with van der Waals surface area (Å²) in [5.41, 5.74) is 2.71. The van der Waals surface area contributed by atoms with E-state index in [9.17, 15) is 9.59 Å². The molecule has 27 heavy (non-hydrogen) atoms. The molecule has 3 aromatic rings. The summed E-state index contributed by atoms with van der Waals surface area (Å²) in [5.74, 6) is -0.626. The number of aromatic nitrogens is 3. The van der Waals surface area contributed by atoms with Crippen molar-refractivity contribution < 1.29 is 19.1 Å². The highest BCUT2D eigenvalue weighted by molar-refractivity contribution is 5.96. The Morgan fingerprint density at radius 1 is 1.26 bits per heavy atom. The van der Waals surface area contributed by atoms with Crippen LogP contribution in [0.1, 0.15) is 50.5 Å². The van der Waals surface area contributed by atoms with E-state index in [1.165, 1.54) is 6.07 Å². The zero-order chi connectivity index (χ0) is 19.6. The van der Waals surface area contributed by atoms with Crippen molar-refractivity contribution >= 4 is 11.9 Å². The molecular weight excluding hydrogens is 348 g/mol. The molecule has 1 amide bonds. The molecule has 0 aliphatic carbocycles. The van der Waals surface area contributed by atoms with E-state index in [-0.39, 0.29) is 23.6 Å². The largest absolute Gasteiger partial charge is 0.478 e. The summed E-state index contributed by atoms with van der Waals surface area (Å²) >= 11 is 0. The van der Waals surface area contributed by atoms with E-state index in [1.807, 2.05) is 32.0 Å². The van der Waals surface area contributed by atoms with Gasteiger partial charge >= 0.3 is 5.97 Å². The van der Waals surface area contributed by atoms with Gasteiger partial charge in [0.2, 0.25) is 0 Å². The number of pyridine rings is 1. The molecule has 0 saturated carbocycles. The van der Waals surface area contributed by atoms with Gasteiger partial charge in [-0.15, -0.1) is 0 Å². The number of carboxylic acid groups (broad SMARTS) is 1. The molecule has 0 atom stereocenters. The quantitative estimate of drug-likeness (QED) is 0.692. The SMILES string of the molecule is CCc1oc(C(=O)NCc2ccc(-n3nc(C)cc3C)nc2)cc1C(=O)O. The Hall–Kier alpha value is -3.42. The fourth-order valence-corrected chi connectivity index (χ4v) is 2.76. The van der Waals surface area contributed by atoms with Gasteiger partial charge in [-0.1, -0.05) is 13.0 Å². The number of nitrogens with one attached hydrogen (secondary N) is 1. The molecule has 0 bridgehead atoms. The van der Waals surface area contributed by atoms with Crippen LogP contribution in [-0.2, 0) is 13.0 Å². The average molecular weight is 368 g/mol. The van der Waals surface area contributed by atoms with Crippen molar-refractivity contribution in [3.63, 3.8) is 0 Å². The lowest BCUT2D eigenvalue weighted by Gasteiger charge is -2.06. The van der Waals surface area contributed by atoms with Crippen LogP contribution >= 0.6 is 0 Å². The predicted molar refractivity (Wildman–Crippen MR) is 97.0 cm³/mol. The van der Waals surface area contributed by atoms with Crippen molar-refractivity contribution in [2.45, 2.75) is 33.7 Å². The van der Waals surface area contributed by atoms with Gasteiger partial charge in [0.1, 0.15) is 11.3 Å². The molecule has 8 nitrogen and oxygen atoms in total. The first-order chi connectivity index (χ1) is 12.9. The van der Waals surface area contributed by atoms with E-state index >= 15 is 0 Å². The number of carbonyl (C=O) groups is 2. The molecular formula is C19H20N4O4. The van der Waals surface area contributed by atoms with Crippen LogP contribution in [-0.4, -0.2) is 31.7 Å². The van der Waals surface area contributed by atoms with Gasteiger partial charge in [-0.3, -0.25) is 4.79 Å². The molecule has 0 unspecified atom stereocenters. The van der Waals surface area contributed by atoms with Crippen LogP contribution in [0.3, 0.4) is 0 Å². The number of aromatic carboxylic acids is 1. The predicted octanol–water partition coefficient (Wildman–Crippen LogP) is 2.67. The topological polar surface area (TPSA) is 110 Å². The number of carbonyl (C=O) groups excluding carboxylic acids is 1. The standard InChI is InChI=1S/C19H20N4O4/c1-4-15-14(19(25)26)8-16(27-15)18(24)21-10-13-5-6-17(20-9-13)23-12(3)7-11(2)22-23/h5-9H,4,10H2,1-3H3,(H,21,24)(H,25,26). The van der Waals surface area contributed by atoms with Crippen LogP contribution in [0.2, 0.25) is 0 Å². The number of rotatable bonds is 6. The molecule has 0 spiro atoms. The first kappa shape index (κ1) is 18.4. The van der Waals surface area contributed by atoms with Crippen molar-refractivity contribution in [3.8, 4) is 5.82 Å². The minimum absolute atomic E-state index is 0.0126. The smallest absolute Gasteiger partial charge is 0.339 e. The molecule has 3 rings (SSSR count). The van der Waals surface area contributed by atoms with Gasteiger partial charge in [-0.25, -0.2) is 14.5 Å². The van der Waals surface area contributed by atoms with E-state index < -0.39 is 11.9 Å². The van der Waals surface area contributed by atoms with Crippen LogP contribution in [0.25, 0.3) is 5.82 Å². The highest BCUT2D eigenvalue weighted by Gasteiger charge is 2.19. The third kappa shape index (κ3) is 3.89. The van der Waals surface area contributed by atoms with E-state index in [0.29, 0.717) is 12.2 Å². The summed E-state index contributed by atoms with van der Waals surface area (Å²) in [7, 11) is 0. The Balaban J connectivity index is 1.67. The molecule has 0 aromatic carbocycles. The molecule has 0 aliphatic heterocycles. The lowest BCUT2D eigenvalue weighted by atomic mass is 10.2. The number of hydrogen-bond acceptors (Lipinski definition) is 5. The summed E-state index contributed by atoms with van der Waals surface area (Å²) in [6.45, 7) is 5.88. The molecule has 0 fully saturated rings. The zero-order valence-electron chi connectivity index (χ0n) is 15.3. The minimum Gasteiger partial charge on any atom is -0.478 e. The number of furan rings is 1. The lowest BCUT2D eigenvalue weighted by Crippen LogP contribution is -2.22. The summed E-state index contributed by atoms with van der Waals surface area (Å²) < 4.78 is 7.10. The lowest BCUT2D eigenvalue weighted by molar-refractivity contribution is 0.0694. The molecule has 0 radical (unpaired) electrons. The van der Waals surface area contributed by atoms with Gasteiger partial charge in [-0.2, -0.15) is 5.10 Å². The summed E-state index contributed by atoms with van der Waals surface area (Å²) in [6, 6.07) is 6.89. The monoisotopic (exact) mass is 368 g/mol. The van der Waals surface area contributed by atoms with E-state index in [1.54, 1.807) is 17.8 Å². The van der Waals surface area contributed by atoms with Gasteiger partial charge in [0.15, 0.2) is 11.6 Å². The molecule has 3 aromatic heterocycles. The number of hydrogen-bond donors (Lipinski definition) is 2. The van der Waals surface area contributed by atoms with Gasteiger partial charge in [0.05, 0.1) is 5.69 Å². The fourth-order valence-electron chi connectivity index (χ4n) is 2.76. The van der Waals surface area contributed by atoms with E-state index in [4.69, 9.17) is 9.52 Å². The Bertz CT molecular complexity index is 986. The second-order valence-corrected chi connectivity index (χ2v) is 6.15. The maximum atomic E-state index is 12.2. The summed E-state index contributed by atoms with van der Waals surface area (Å²) in [6.07, 6.45) is 2.06. The zero-order valence-corrected chi connectivity index (χ0v) is 15.3.